The molecule has 6 nitrogen and oxygen atoms in total. The average molecular weight is 513 g/mol. The molecule has 0 aliphatic carbocycles. The van der Waals surface area contributed by atoms with Crippen molar-refractivity contribution in [2.75, 3.05) is 19.8 Å². The molecule has 0 unspecified atom stereocenters. The first kappa shape index (κ1) is 35.9. The Morgan fingerprint density at radius 1 is 0.919 bits per heavy atom. The fourth-order valence-corrected chi connectivity index (χ4v) is 2.50. The van der Waals surface area contributed by atoms with Gasteiger partial charge in [0.05, 0.1) is 18.8 Å². The van der Waals surface area contributed by atoms with E-state index in [1.54, 1.807) is 13.0 Å². The Bertz CT molecular complexity index is 941. The van der Waals surface area contributed by atoms with Crippen molar-refractivity contribution in [3.8, 4) is 0 Å². The Morgan fingerprint density at radius 2 is 1.54 bits per heavy atom. The molecule has 0 aliphatic rings. The Hall–Kier alpha value is -3.29. The Kier molecular flexibility index (Phi) is 21.3. The summed E-state index contributed by atoms with van der Waals surface area (Å²) in [5.74, 6) is -0.647. The van der Waals surface area contributed by atoms with Crippen molar-refractivity contribution >= 4 is 5.97 Å². The molecule has 0 aromatic rings. The highest BCUT2D eigenvalue weighted by Crippen LogP contribution is 2.26. The summed E-state index contributed by atoms with van der Waals surface area (Å²) in [4.78, 5) is 16.0. The summed E-state index contributed by atoms with van der Waals surface area (Å²) in [5.41, 5.74) is 4.47. The summed E-state index contributed by atoms with van der Waals surface area (Å²) in [6.45, 7) is 28.3. The van der Waals surface area contributed by atoms with Gasteiger partial charge in [0.1, 0.15) is 12.4 Å². The monoisotopic (exact) mass is 512 g/mol. The molecule has 0 bridgehead atoms. The number of carbonyl (C=O) groups is 1. The minimum atomic E-state index is -0.741. The van der Waals surface area contributed by atoms with Crippen LogP contribution in [0.15, 0.2) is 121 Å². The third kappa shape index (κ3) is 17.7. The molecule has 0 aromatic heterocycles. The molecule has 204 valence electrons. The van der Waals surface area contributed by atoms with Crippen LogP contribution in [-0.4, -0.2) is 41.3 Å². The highest BCUT2D eigenvalue weighted by molar-refractivity contribution is 5.88. The lowest BCUT2D eigenvalue weighted by Gasteiger charge is -2.14. The van der Waals surface area contributed by atoms with Crippen LogP contribution in [0, 0.1) is 0 Å². The summed E-state index contributed by atoms with van der Waals surface area (Å²) in [7, 11) is 0. The number of carbonyl (C=O) groups excluding carboxylic acids is 1. The van der Waals surface area contributed by atoms with Crippen molar-refractivity contribution in [1.29, 1.82) is 0 Å². The first-order valence-electron chi connectivity index (χ1n) is 12.0. The van der Waals surface area contributed by atoms with Crippen molar-refractivity contribution < 1.29 is 29.9 Å². The molecule has 0 rings (SSSR count). The van der Waals surface area contributed by atoms with Crippen molar-refractivity contribution in [3.63, 3.8) is 0 Å². The number of hydrogen-bond donors (Lipinski definition) is 3. The Balaban J connectivity index is 0. The van der Waals surface area contributed by atoms with Crippen LogP contribution in [0.5, 0.6) is 0 Å². The summed E-state index contributed by atoms with van der Waals surface area (Å²) in [6, 6.07) is 0. The molecular formula is C31H44O6. The zero-order chi connectivity index (χ0) is 28.8. The van der Waals surface area contributed by atoms with E-state index in [1.165, 1.54) is 6.08 Å². The predicted molar refractivity (Wildman–Crippen MR) is 154 cm³/mol. The maximum atomic E-state index is 11.7. The van der Waals surface area contributed by atoms with Gasteiger partial charge in [0, 0.05) is 0 Å². The van der Waals surface area contributed by atoms with Crippen molar-refractivity contribution in [2.24, 2.45) is 0 Å². The van der Waals surface area contributed by atoms with E-state index in [1.807, 2.05) is 31.2 Å². The quantitative estimate of drug-likeness (QED) is 0.0288. The van der Waals surface area contributed by atoms with E-state index in [4.69, 9.17) is 20.2 Å². The smallest absolute Gasteiger partial charge is 0.341 e. The number of unbranched alkanes of at least 4 members (excludes halogenated alkanes) is 2. The predicted octanol–water partition coefficient (Wildman–Crippen LogP) is 6.87. The van der Waals surface area contributed by atoms with E-state index in [9.17, 15) is 4.79 Å². The zero-order valence-corrected chi connectivity index (χ0v) is 22.7. The van der Waals surface area contributed by atoms with Gasteiger partial charge < -0.3 is 14.9 Å². The molecule has 0 radical (unpaired) electrons. The average Bonchev–Trinajstić information content (AvgIpc) is 2.88. The van der Waals surface area contributed by atoms with Crippen molar-refractivity contribution in [1.82, 2.24) is 0 Å². The molecule has 0 fully saturated rings. The van der Waals surface area contributed by atoms with E-state index in [0.29, 0.717) is 16.7 Å². The molecule has 0 aromatic carbocycles. The Labute approximate surface area is 222 Å². The largest absolute Gasteiger partial charge is 0.424 e. The highest BCUT2D eigenvalue weighted by Gasteiger charge is 2.10. The summed E-state index contributed by atoms with van der Waals surface area (Å²) in [6.07, 6.45) is 14.5. The Morgan fingerprint density at radius 3 is 2.03 bits per heavy atom. The van der Waals surface area contributed by atoms with Crippen LogP contribution in [0.25, 0.3) is 0 Å². The maximum Gasteiger partial charge on any atom is 0.341 e. The summed E-state index contributed by atoms with van der Waals surface area (Å²) < 4.78 is 5.00. The summed E-state index contributed by atoms with van der Waals surface area (Å²) >= 11 is 0. The lowest BCUT2D eigenvalue weighted by molar-refractivity contribution is -0.233. The van der Waals surface area contributed by atoms with Crippen molar-refractivity contribution in [3.05, 3.63) is 121 Å². The van der Waals surface area contributed by atoms with Gasteiger partial charge in [-0.15, -0.1) is 0 Å². The molecule has 37 heavy (non-hydrogen) atoms. The SMILES string of the molecule is C=C(/C=C\C(=C)C(=C)/C(=C\C(=C)/C(=C/C=C\C)COO)CCCCC)OC(=O)C(=C)CO.C=C(C)CO. The first-order valence-corrected chi connectivity index (χ1v) is 12.0. The molecule has 3 N–H and O–H groups in total. The van der Waals surface area contributed by atoms with Crippen LogP contribution in [0.1, 0.15) is 46.5 Å². The number of rotatable bonds is 17. The van der Waals surface area contributed by atoms with Gasteiger partial charge in [-0.2, -0.15) is 0 Å². The molecule has 0 aliphatic heterocycles. The number of aliphatic hydroxyl groups excluding tert-OH is 2. The van der Waals surface area contributed by atoms with Gasteiger partial charge >= 0.3 is 5.97 Å². The molecule has 0 amide bonds. The molecular weight excluding hydrogens is 468 g/mol. The zero-order valence-electron chi connectivity index (χ0n) is 22.7. The van der Waals surface area contributed by atoms with E-state index >= 15 is 0 Å². The highest BCUT2D eigenvalue weighted by atomic mass is 17.1. The van der Waals surface area contributed by atoms with Crippen LogP contribution in [-0.2, 0) is 14.4 Å². The molecule has 6 heteroatoms. The van der Waals surface area contributed by atoms with Crippen LogP contribution < -0.4 is 0 Å². The van der Waals surface area contributed by atoms with Gasteiger partial charge in [0.15, 0.2) is 0 Å². The van der Waals surface area contributed by atoms with Crippen LogP contribution >= 0.6 is 0 Å². The van der Waals surface area contributed by atoms with E-state index in [-0.39, 0.29) is 24.5 Å². The van der Waals surface area contributed by atoms with Gasteiger partial charge in [0.2, 0.25) is 0 Å². The van der Waals surface area contributed by atoms with Gasteiger partial charge in [0.25, 0.3) is 0 Å². The fourth-order valence-electron chi connectivity index (χ4n) is 2.50. The number of ether oxygens (including phenoxy) is 1. The van der Waals surface area contributed by atoms with Gasteiger partial charge in [-0.1, -0.05) is 95.2 Å². The minimum absolute atomic E-state index is 0.0135. The normalized spacial score (nSPS) is 11.6. The second-order valence-electron chi connectivity index (χ2n) is 8.21. The molecule has 0 heterocycles. The second kappa shape index (κ2) is 21.9. The van der Waals surface area contributed by atoms with Crippen LogP contribution in [0.2, 0.25) is 0 Å². The van der Waals surface area contributed by atoms with E-state index in [2.05, 4.69) is 51.3 Å². The molecule has 0 atom stereocenters. The standard InChI is InChI=1S/C27H36O5.C4H8O/c1-8-10-12-14-25(17-21(4)26(19-31-30)13-11-9-2)24(7)20(3)15-16-23(6)32-27(29)22(5)18-28;1-4(2)3-5/h9,11,13,15-17,28,30H,3-8,10,12,14,18-19H2,1-2H3;5H,1,3H2,2H3/b11-9-,16-15-,25-17-,26-13+;. The summed E-state index contributed by atoms with van der Waals surface area (Å²) in [5, 5.41) is 25.9. The van der Waals surface area contributed by atoms with E-state index in [0.717, 1.165) is 42.4 Å². The minimum Gasteiger partial charge on any atom is -0.424 e. The fraction of sp³-hybridized carbons (Fsp3) is 0.323. The number of allylic oxidation sites excluding steroid dienone is 9. The maximum absolute atomic E-state index is 11.7. The third-order valence-corrected chi connectivity index (χ3v) is 4.74. The van der Waals surface area contributed by atoms with Gasteiger partial charge in [-0.3, -0.25) is 5.26 Å². The lowest BCUT2D eigenvalue weighted by atomic mass is 9.92. The van der Waals surface area contributed by atoms with Gasteiger partial charge in [-0.05, 0) is 60.6 Å². The number of esters is 1. The van der Waals surface area contributed by atoms with E-state index < -0.39 is 12.6 Å². The number of hydrogen-bond acceptors (Lipinski definition) is 6. The topological polar surface area (TPSA) is 96.2 Å². The molecule has 0 saturated carbocycles. The lowest BCUT2D eigenvalue weighted by Crippen LogP contribution is -2.08. The second-order valence-corrected chi connectivity index (χ2v) is 8.21. The van der Waals surface area contributed by atoms with Crippen LogP contribution in [0.3, 0.4) is 0 Å². The van der Waals surface area contributed by atoms with Crippen molar-refractivity contribution in [2.45, 2.75) is 46.5 Å². The molecule has 0 spiro atoms. The van der Waals surface area contributed by atoms with Gasteiger partial charge in [-0.25, -0.2) is 9.68 Å². The third-order valence-electron chi connectivity index (χ3n) is 4.74. The number of aliphatic hydroxyl groups is 2. The first-order chi connectivity index (χ1) is 17.5. The molecule has 0 saturated heterocycles. The van der Waals surface area contributed by atoms with Crippen LogP contribution in [0.4, 0.5) is 0 Å².